The molecule has 1 aliphatic rings. The van der Waals surface area contributed by atoms with E-state index in [1.54, 1.807) is 11.3 Å². The fraction of sp³-hybridized carbons (Fsp3) is 0.714. The van der Waals surface area contributed by atoms with Gasteiger partial charge in [-0.05, 0) is 52.7 Å². The van der Waals surface area contributed by atoms with E-state index in [9.17, 15) is 0 Å². The number of hydrogen-bond acceptors (Lipinski definition) is 3. The van der Waals surface area contributed by atoms with Crippen molar-refractivity contribution in [1.82, 2.24) is 5.32 Å². The number of thiophene rings is 1. The summed E-state index contributed by atoms with van der Waals surface area (Å²) in [5, 5.41) is 9.08. The zero-order chi connectivity index (χ0) is 12.8. The summed E-state index contributed by atoms with van der Waals surface area (Å²) in [6.45, 7) is 3.34. The minimum atomic E-state index is 0.510. The molecule has 18 heavy (non-hydrogen) atoms. The molecule has 0 aliphatic heterocycles. The second-order valence-corrected chi connectivity index (χ2v) is 7.85. The van der Waals surface area contributed by atoms with Crippen molar-refractivity contribution < 1.29 is 0 Å². The first-order valence-electron chi connectivity index (χ1n) is 6.87. The molecule has 1 aromatic heterocycles. The zero-order valence-corrected chi connectivity index (χ0v) is 14.2. The lowest BCUT2D eigenvalue weighted by Crippen LogP contribution is -2.24. The summed E-state index contributed by atoms with van der Waals surface area (Å²) in [6.07, 6.45) is 6.93. The fourth-order valence-corrected chi connectivity index (χ4v) is 5.46. The van der Waals surface area contributed by atoms with Crippen molar-refractivity contribution in [2.75, 3.05) is 12.3 Å². The lowest BCUT2D eigenvalue weighted by Gasteiger charge is -2.20. The normalized spacial score (nSPS) is 18.3. The van der Waals surface area contributed by atoms with Gasteiger partial charge in [0.2, 0.25) is 0 Å². The first-order chi connectivity index (χ1) is 8.81. The van der Waals surface area contributed by atoms with Crippen LogP contribution in [0.25, 0.3) is 0 Å². The molecule has 1 saturated carbocycles. The summed E-state index contributed by atoms with van der Waals surface area (Å²) in [6, 6.07) is 0.510. The summed E-state index contributed by atoms with van der Waals surface area (Å²) in [4.78, 5) is 0. The number of halogens is 1. The maximum Gasteiger partial charge on any atom is 0.0431 e. The molecule has 0 radical (unpaired) electrons. The maximum absolute atomic E-state index is 3.69. The second-order valence-electron chi connectivity index (χ2n) is 4.92. The molecule has 0 aromatic carbocycles. The van der Waals surface area contributed by atoms with E-state index < -0.39 is 0 Å². The minimum Gasteiger partial charge on any atom is -0.309 e. The second kappa shape index (κ2) is 7.93. The Labute approximate surface area is 127 Å². The average molecular weight is 348 g/mol. The van der Waals surface area contributed by atoms with Crippen molar-refractivity contribution in [3.8, 4) is 0 Å². The van der Waals surface area contributed by atoms with Crippen LogP contribution in [-0.2, 0) is 0 Å². The summed E-state index contributed by atoms with van der Waals surface area (Å²) in [5.41, 5.74) is 1.44. The first kappa shape index (κ1) is 14.9. The van der Waals surface area contributed by atoms with Gasteiger partial charge in [-0.25, -0.2) is 0 Å². The van der Waals surface area contributed by atoms with Gasteiger partial charge in [-0.3, -0.25) is 0 Å². The monoisotopic (exact) mass is 347 g/mol. The van der Waals surface area contributed by atoms with Gasteiger partial charge in [-0.1, -0.05) is 19.8 Å². The number of thioether (sulfide) groups is 1. The van der Waals surface area contributed by atoms with Gasteiger partial charge in [0.05, 0.1) is 0 Å². The molecule has 1 fully saturated rings. The summed E-state index contributed by atoms with van der Waals surface area (Å²) >= 11 is 7.63. The predicted octanol–water partition coefficient (Wildman–Crippen LogP) is 5.23. The first-order valence-corrected chi connectivity index (χ1v) is 9.66. The molecule has 1 unspecified atom stereocenters. The molecule has 1 nitrogen and oxygen atoms in total. The van der Waals surface area contributed by atoms with E-state index in [0.717, 1.165) is 11.8 Å². The fourth-order valence-electron chi connectivity index (χ4n) is 2.40. The van der Waals surface area contributed by atoms with Crippen molar-refractivity contribution in [2.45, 2.75) is 50.3 Å². The highest BCUT2D eigenvalue weighted by atomic mass is 79.9. The molecule has 1 N–H and O–H groups in total. The van der Waals surface area contributed by atoms with Crippen molar-refractivity contribution >= 4 is 39.0 Å². The third-order valence-electron chi connectivity index (χ3n) is 3.46. The van der Waals surface area contributed by atoms with Gasteiger partial charge in [0.1, 0.15) is 0 Å². The Hall–Kier alpha value is 0.490. The Kier molecular flexibility index (Phi) is 6.56. The highest BCUT2D eigenvalue weighted by Crippen LogP contribution is 2.34. The molecule has 0 bridgehead atoms. The quantitative estimate of drug-likeness (QED) is 0.724. The Balaban J connectivity index is 1.90. The average Bonchev–Trinajstić information content (AvgIpc) is 3.01. The van der Waals surface area contributed by atoms with Crippen LogP contribution >= 0.6 is 39.0 Å². The lowest BCUT2D eigenvalue weighted by molar-refractivity contribution is 0.576. The maximum atomic E-state index is 3.69. The van der Waals surface area contributed by atoms with Gasteiger partial charge >= 0.3 is 0 Å². The molecule has 1 atom stereocenters. The van der Waals surface area contributed by atoms with Crippen LogP contribution in [0.3, 0.4) is 0 Å². The summed E-state index contributed by atoms with van der Waals surface area (Å²) < 4.78 is 1.27. The van der Waals surface area contributed by atoms with E-state index in [0.29, 0.717) is 6.04 Å². The molecular weight excluding hydrogens is 326 g/mol. The van der Waals surface area contributed by atoms with Gasteiger partial charge < -0.3 is 5.32 Å². The van der Waals surface area contributed by atoms with Gasteiger partial charge in [0.25, 0.3) is 0 Å². The van der Waals surface area contributed by atoms with Crippen molar-refractivity contribution in [1.29, 1.82) is 0 Å². The predicted molar refractivity (Wildman–Crippen MR) is 87.8 cm³/mol. The Morgan fingerprint density at radius 2 is 2.22 bits per heavy atom. The van der Waals surface area contributed by atoms with Crippen LogP contribution in [0, 0.1) is 0 Å². The van der Waals surface area contributed by atoms with E-state index in [1.807, 2.05) is 0 Å². The summed E-state index contributed by atoms with van der Waals surface area (Å²) in [5.74, 6) is 1.21. The van der Waals surface area contributed by atoms with Gasteiger partial charge in [0, 0.05) is 26.9 Å². The smallest absolute Gasteiger partial charge is 0.0431 e. The minimum absolute atomic E-state index is 0.510. The standard InChI is InChI=1S/C14H22BrNS2/c1-2-7-16-14(12-8-17-9-13(12)15)10-18-11-5-3-4-6-11/h8-9,11,14,16H,2-7,10H2,1H3. The SMILES string of the molecule is CCCNC(CSC1CCCC1)c1cscc1Br. The number of hydrogen-bond donors (Lipinski definition) is 1. The lowest BCUT2D eigenvalue weighted by atomic mass is 10.2. The third-order valence-corrected chi connectivity index (χ3v) is 6.68. The van der Waals surface area contributed by atoms with Crippen LogP contribution < -0.4 is 5.32 Å². The van der Waals surface area contributed by atoms with Crippen LogP contribution in [-0.4, -0.2) is 17.5 Å². The molecule has 1 aliphatic carbocycles. The Morgan fingerprint density at radius 3 is 2.83 bits per heavy atom. The van der Waals surface area contributed by atoms with Gasteiger partial charge in [0.15, 0.2) is 0 Å². The molecule has 1 aromatic rings. The molecule has 102 valence electrons. The van der Waals surface area contributed by atoms with Gasteiger partial charge in [-0.15, -0.1) is 0 Å². The van der Waals surface area contributed by atoms with E-state index in [-0.39, 0.29) is 0 Å². The van der Waals surface area contributed by atoms with Crippen LogP contribution in [0.4, 0.5) is 0 Å². The molecule has 0 amide bonds. The molecule has 1 heterocycles. The van der Waals surface area contributed by atoms with Gasteiger partial charge in [-0.2, -0.15) is 23.1 Å². The Bertz CT molecular complexity index is 347. The van der Waals surface area contributed by atoms with E-state index in [1.165, 1.54) is 47.9 Å². The van der Waals surface area contributed by atoms with Crippen molar-refractivity contribution in [3.63, 3.8) is 0 Å². The molecule has 2 rings (SSSR count). The topological polar surface area (TPSA) is 12.0 Å². The largest absolute Gasteiger partial charge is 0.309 e. The molecular formula is C14H22BrNS2. The molecule has 0 spiro atoms. The van der Waals surface area contributed by atoms with Crippen molar-refractivity contribution in [2.24, 2.45) is 0 Å². The third kappa shape index (κ3) is 4.26. The highest BCUT2D eigenvalue weighted by Gasteiger charge is 2.20. The van der Waals surface area contributed by atoms with Crippen LogP contribution in [0.15, 0.2) is 15.2 Å². The van der Waals surface area contributed by atoms with E-state index in [2.05, 4.69) is 50.7 Å². The Morgan fingerprint density at radius 1 is 1.44 bits per heavy atom. The van der Waals surface area contributed by atoms with E-state index in [4.69, 9.17) is 0 Å². The summed E-state index contributed by atoms with van der Waals surface area (Å²) in [7, 11) is 0. The molecule has 4 heteroatoms. The van der Waals surface area contributed by atoms with Crippen LogP contribution in [0.2, 0.25) is 0 Å². The van der Waals surface area contributed by atoms with Crippen LogP contribution in [0.1, 0.15) is 50.6 Å². The number of rotatable bonds is 7. The van der Waals surface area contributed by atoms with E-state index >= 15 is 0 Å². The zero-order valence-electron chi connectivity index (χ0n) is 11.0. The number of nitrogens with one attached hydrogen (secondary N) is 1. The molecule has 0 saturated heterocycles. The van der Waals surface area contributed by atoms with Crippen molar-refractivity contribution in [3.05, 3.63) is 20.8 Å². The van der Waals surface area contributed by atoms with Crippen LogP contribution in [0.5, 0.6) is 0 Å². The highest BCUT2D eigenvalue weighted by molar-refractivity contribution is 9.10.